The zero-order chi connectivity index (χ0) is 60.9. The molecule has 490 valence electrons. The van der Waals surface area contributed by atoms with Crippen molar-refractivity contribution in [2.24, 2.45) is 5.73 Å². The quantitative estimate of drug-likeness (QED) is 0.0264. The van der Waals surface area contributed by atoms with Crippen LogP contribution in [-0.4, -0.2) is 49.3 Å². The second-order valence-corrected chi connectivity index (χ2v) is 25.5. The molecule has 0 aromatic heterocycles. The molecule has 0 amide bonds. The standard InChI is InChI=1S/C74H136NO8P/c1-3-5-7-9-11-13-15-17-19-21-23-25-27-29-30-31-32-33-34-35-36-37-38-39-40-41-42-43-45-47-49-51-53-55-57-59-61-63-65-67-74(77)83-72(71-82-84(78,79)81-69-68-75)70-80-73(76)66-64-62-60-58-56-54-52-50-48-46-44-28-26-24-22-20-18-16-14-12-10-8-6-4-2/h5,7,11,13,17,19,23,25,29-30,32-33,72H,3-4,6,8-10,12,14-16,18,20-22,24,26-28,31,34-71,75H2,1-2H3,(H,78,79)/b7-5-,13-11-,19-17-,25-23-,30-29-,33-32-. The van der Waals surface area contributed by atoms with Gasteiger partial charge in [0.25, 0.3) is 0 Å². The van der Waals surface area contributed by atoms with Crippen molar-refractivity contribution in [2.45, 2.75) is 360 Å². The highest BCUT2D eigenvalue weighted by atomic mass is 31.2. The van der Waals surface area contributed by atoms with Gasteiger partial charge in [-0.25, -0.2) is 4.57 Å². The van der Waals surface area contributed by atoms with Crippen molar-refractivity contribution in [1.82, 2.24) is 0 Å². The van der Waals surface area contributed by atoms with Crippen molar-refractivity contribution >= 4 is 19.8 Å². The van der Waals surface area contributed by atoms with Crippen LogP contribution in [0.1, 0.15) is 354 Å². The van der Waals surface area contributed by atoms with E-state index in [0.29, 0.717) is 6.42 Å². The molecule has 0 saturated heterocycles. The maximum absolute atomic E-state index is 12.8. The topological polar surface area (TPSA) is 134 Å². The minimum Gasteiger partial charge on any atom is -0.462 e. The van der Waals surface area contributed by atoms with Crippen molar-refractivity contribution in [2.75, 3.05) is 26.4 Å². The van der Waals surface area contributed by atoms with Gasteiger partial charge in [0.05, 0.1) is 13.2 Å². The van der Waals surface area contributed by atoms with Crippen LogP contribution < -0.4 is 5.73 Å². The first kappa shape index (κ1) is 81.5. The average molecular weight is 1200 g/mol. The van der Waals surface area contributed by atoms with Crippen LogP contribution in [0.2, 0.25) is 0 Å². The molecule has 84 heavy (non-hydrogen) atoms. The van der Waals surface area contributed by atoms with Gasteiger partial charge in [0.2, 0.25) is 0 Å². The van der Waals surface area contributed by atoms with Gasteiger partial charge in [-0.15, -0.1) is 0 Å². The smallest absolute Gasteiger partial charge is 0.462 e. The van der Waals surface area contributed by atoms with Crippen LogP contribution in [0.5, 0.6) is 0 Å². The molecule has 0 aliphatic carbocycles. The monoisotopic (exact) mass is 1200 g/mol. The molecular weight excluding hydrogens is 1060 g/mol. The predicted molar refractivity (Wildman–Crippen MR) is 363 cm³/mol. The predicted octanol–water partition coefficient (Wildman–Crippen LogP) is 23.6. The molecule has 0 saturated carbocycles. The zero-order valence-electron chi connectivity index (χ0n) is 55.1. The number of esters is 2. The number of ether oxygens (including phenoxy) is 2. The van der Waals surface area contributed by atoms with E-state index in [2.05, 4.69) is 86.8 Å². The van der Waals surface area contributed by atoms with Gasteiger partial charge in [-0.1, -0.05) is 350 Å². The molecule has 0 bridgehead atoms. The van der Waals surface area contributed by atoms with Crippen LogP contribution in [0.3, 0.4) is 0 Å². The lowest BCUT2D eigenvalue weighted by Crippen LogP contribution is -2.29. The summed E-state index contributed by atoms with van der Waals surface area (Å²) < 4.78 is 33.2. The van der Waals surface area contributed by atoms with E-state index in [1.807, 2.05) is 0 Å². The van der Waals surface area contributed by atoms with E-state index in [1.165, 1.54) is 250 Å². The first-order valence-electron chi connectivity index (χ1n) is 35.9. The summed E-state index contributed by atoms with van der Waals surface area (Å²) in [5, 5.41) is 0. The Morgan fingerprint density at radius 2 is 0.655 bits per heavy atom. The number of nitrogens with two attached hydrogens (primary N) is 1. The largest absolute Gasteiger partial charge is 0.472 e. The van der Waals surface area contributed by atoms with Crippen LogP contribution in [0.15, 0.2) is 72.9 Å². The van der Waals surface area contributed by atoms with Crippen LogP contribution in [0, 0.1) is 0 Å². The second kappa shape index (κ2) is 69.5. The highest BCUT2D eigenvalue weighted by Gasteiger charge is 2.26. The van der Waals surface area contributed by atoms with E-state index in [4.69, 9.17) is 24.3 Å². The third-order valence-electron chi connectivity index (χ3n) is 15.9. The first-order chi connectivity index (χ1) is 41.3. The highest BCUT2D eigenvalue weighted by molar-refractivity contribution is 7.47. The Hall–Kier alpha value is -2.55. The fraction of sp³-hybridized carbons (Fsp3) is 0.811. The molecule has 2 unspecified atom stereocenters. The van der Waals surface area contributed by atoms with Crippen LogP contribution >= 0.6 is 7.82 Å². The number of carbonyl (C=O) groups excluding carboxylic acids is 2. The van der Waals surface area contributed by atoms with Crippen LogP contribution in [0.25, 0.3) is 0 Å². The number of hydrogen-bond donors (Lipinski definition) is 2. The molecule has 0 aromatic rings. The zero-order valence-corrected chi connectivity index (χ0v) is 56.0. The summed E-state index contributed by atoms with van der Waals surface area (Å²) in [6.45, 7) is 3.70. The summed E-state index contributed by atoms with van der Waals surface area (Å²) >= 11 is 0. The molecule has 3 N–H and O–H groups in total. The van der Waals surface area contributed by atoms with E-state index in [0.717, 1.165) is 70.6 Å². The number of rotatable bonds is 68. The minimum absolute atomic E-state index is 0.0549. The fourth-order valence-electron chi connectivity index (χ4n) is 10.6. The van der Waals surface area contributed by atoms with Gasteiger partial charge < -0.3 is 20.1 Å². The first-order valence-corrected chi connectivity index (χ1v) is 37.4. The summed E-state index contributed by atoms with van der Waals surface area (Å²) in [6.07, 6.45) is 91.5. The molecule has 2 atom stereocenters. The average Bonchev–Trinajstić information content (AvgIpc) is 3.58. The Bertz CT molecular complexity index is 1610. The summed E-state index contributed by atoms with van der Waals surface area (Å²) in [5.74, 6) is -0.807. The molecule has 10 heteroatoms. The van der Waals surface area contributed by atoms with Gasteiger partial charge in [-0.05, 0) is 64.2 Å². The Morgan fingerprint density at radius 1 is 0.369 bits per heavy atom. The van der Waals surface area contributed by atoms with Crippen molar-refractivity contribution in [3.05, 3.63) is 72.9 Å². The van der Waals surface area contributed by atoms with Gasteiger partial charge in [0.15, 0.2) is 6.10 Å². The van der Waals surface area contributed by atoms with Crippen molar-refractivity contribution in [3.63, 3.8) is 0 Å². The Labute approximate surface area is 520 Å². The number of phosphoric ester groups is 1. The lowest BCUT2D eigenvalue weighted by Gasteiger charge is -2.19. The van der Waals surface area contributed by atoms with Crippen molar-refractivity contribution < 1.29 is 37.6 Å². The molecule has 0 aliphatic heterocycles. The van der Waals surface area contributed by atoms with Crippen molar-refractivity contribution in [1.29, 1.82) is 0 Å². The fourth-order valence-corrected chi connectivity index (χ4v) is 11.4. The number of unbranched alkanes of at least 4 members (excludes halogenated alkanes) is 43. The minimum atomic E-state index is -4.39. The van der Waals surface area contributed by atoms with E-state index in [1.54, 1.807) is 0 Å². The molecule has 0 aliphatic rings. The second-order valence-electron chi connectivity index (χ2n) is 24.1. The number of hydrogen-bond acceptors (Lipinski definition) is 8. The molecule has 9 nitrogen and oxygen atoms in total. The summed E-state index contributed by atoms with van der Waals surface area (Å²) in [6, 6.07) is 0. The van der Waals surface area contributed by atoms with Gasteiger partial charge in [0.1, 0.15) is 6.61 Å². The molecular formula is C74H136NO8P. The Morgan fingerprint density at radius 3 is 0.976 bits per heavy atom. The number of carbonyl (C=O) groups is 2. The number of allylic oxidation sites excluding steroid dienone is 12. The van der Waals surface area contributed by atoms with Gasteiger partial charge in [-0.2, -0.15) is 0 Å². The molecule has 0 fully saturated rings. The lowest BCUT2D eigenvalue weighted by molar-refractivity contribution is -0.161. The van der Waals surface area contributed by atoms with E-state index in [9.17, 15) is 19.0 Å². The van der Waals surface area contributed by atoms with E-state index in [-0.39, 0.29) is 38.6 Å². The summed E-state index contributed by atoms with van der Waals surface area (Å²) in [7, 11) is -4.39. The van der Waals surface area contributed by atoms with Gasteiger partial charge >= 0.3 is 19.8 Å². The summed E-state index contributed by atoms with van der Waals surface area (Å²) in [4.78, 5) is 35.4. The third kappa shape index (κ3) is 68.6. The van der Waals surface area contributed by atoms with Crippen molar-refractivity contribution in [3.8, 4) is 0 Å². The van der Waals surface area contributed by atoms with E-state index >= 15 is 0 Å². The Kier molecular flexibility index (Phi) is 67.4. The maximum Gasteiger partial charge on any atom is 0.472 e. The van der Waals surface area contributed by atoms with E-state index < -0.39 is 26.5 Å². The molecule has 0 heterocycles. The Balaban J connectivity index is 3.81. The number of phosphoric acid groups is 1. The molecule has 0 spiro atoms. The molecule has 0 rings (SSSR count). The third-order valence-corrected chi connectivity index (χ3v) is 16.8. The summed E-state index contributed by atoms with van der Waals surface area (Å²) in [5.41, 5.74) is 5.40. The van der Waals surface area contributed by atoms with Gasteiger partial charge in [-0.3, -0.25) is 18.6 Å². The lowest BCUT2D eigenvalue weighted by atomic mass is 10.0. The molecule has 0 aromatic carbocycles. The maximum atomic E-state index is 12.8. The van der Waals surface area contributed by atoms with Gasteiger partial charge in [0, 0.05) is 19.4 Å². The highest BCUT2D eigenvalue weighted by Crippen LogP contribution is 2.43. The SMILES string of the molecule is CC/C=C\C/C=C\C/C=C\C/C=C\C/C=C\C/C=C\CCCCCCCCCCCCCCCCCCCCCCC(=O)OC(COC(=O)CCCCCCCCCCCCCCCCCCCCCCCCCC)COP(=O)(O)OCCN. The van der Waals surface area contributed by atoms with Crippen LogP contribution in [0.4, 0.5) is 0 Å². The molecule has 0 radical (unpaired) electrons. The van der Waals surface area contributed by atoms with Crippen LogP contribution in [-0.2, 0) is 32.7 Å². The normalized spacial score (nSPS) is 13.3.